The molecule has 7 nitrogen and oxygen atoms in total. The zero-order valence-corrected chi connectivity index (χ0v) is 18.7. The molecule has 2 aromatic carbocycles. The smallest absolute Gasteiger partial charge is 0.329 e. The van der Waals surface area contributed by atoms with Gasteiger partial charge in [0.2, 0.25) is 0 Å². The van der Waals surface area contributed by atoms with Crippen LogP contribution < -0.4 is 16.6 Å². The molecule has 0 spiro atoms. The first-order valence-electron chi connectivity index (χ1n) is 11.6. The molecule has 1 saturated heterocycles. The maximum Gasteiger partial charge on any atom is 0.329 e. The number of halogens is 2. The summed E-state index contributed by atoms with van der Waals surface area (Å²) in [5.41, 5.74) is -0.692. The van der Waals surface area contributed by atoms with Gasteiger partial charge in [-0.25, -0.2) is 13.6 Å². The van der Waals surface area contributed by atoms with Crippen molar-refractivity contribution in [3.8, 4) is 0 Å². The Hall–Kier alpha value is -3.33. The zero-order chi connectivity index (χ0) is 23.8. The molecular formula is C25H26F2N4O3. The van der Waals surface area contributed by atoms with Gasteiger partial charge in [0, 0.05) is 19.1 Å². The molecule has 0 radical (unpaired) electrons. The zero-order valence-electron chi connectivity index (χ0n) is 18.7. The number of nitrogens with one attached hydrogen (secondary N) is 2. The lowest BCUT2D eigenvalue weighted by atomic mass is 10.1. The van der Waals surface area contributed by atoms with Crippen molar-refractivity contribution >= 4 is 16.8 Å². The van der Waals surface area contributed by atoms with E-state index in [2.05, 4.69) is 15.2 Å². The Balaban J connectivity index is 1.33. The third kappa shape index (κ3) is 4.79. The summed E-state index contributed by atoms with van der Waals surface area (Å²) in [5.74, 6) is -0.877. The molecule has 1 aromatic heterocycles. The summed E-state index contributed by atoms with van der Waals surface area (Å²) in [6.45, 7) is 2.70. The number of aromatic amines is 1. The van der Waals surface area contributed by atoms with E-state index in [1.165, 1.54) is 48.1 Å². The molecule has 9 heteroatoms. The maximum atomic E-state index is 14.5. The Morgan fingerprint density at radius 2 is 1.91 bits per heavy atom. The molecule has 2 N–H and O–H groups in total. The van der Waals surface area contributed by atoms with Crippen LogP contribution in [-0.2, 0) is 6.54 Å². The summed E-state index contributed by atoms with van der Waals surface area (Å²) in [6, 6.07) is 7.63. The molecule has 2 fully saturated rings. The van der Waals surface area contributed by atoms with Gasteiger partial charge in [-0.2, -0.15) is 0 Å². The number of carbonyl (C=O) groups is 1. The van der Waals surface area contributed by atoms with E-state index in [9.17, 15) is 23.2 Å². The molecule has 1 amide bonds. The molecule has 1 atom stereocenters. The Morgan fingerprint density at radius 3 is 2.71 bits per heavy atom. The minimum Gasteiger partial charge on any atom is -0.348 e. The van der Waals surface area contributed by atoms with Crippen LogP contribution in [0.15, 0.2) is 46.0 Å². The Bertz CT molecular complexity index is 1360. The van der Waals surface area contributed by atoms with Crippen molar-refractivity contribution in [1.82, 2.24) is 19.8 Å². The van der Waals surface area contributed by atoms with Gasteiger partial charge in [-0.3, -0.25) is 19.1 Å². The second-order valence-electron chi connectivity index (χ2n) is 9.31. The van der Waals surface area contributed by atoms with E-state index in [0.717, 1.165) is 44.1 Å². The van der Waals surface area contributed by atoms with Crippen LogP contribution >= 0.6 is 0 Å². The highest BCUT2D eigenvalue weighted by Crippen LogP contribution is 2.32. The van der Waals surface area contributed by atoms with E-state index in [0.29, 0.717) is 5.56 Å². The van der Waals surface area contributed by atoms with Crippen LogP contribution in [0.4, 0.5) is 8.78 Å². The number of aromatic nitrogens is 2. The molecule has 2 aliphatic rings. The van der Waals surface area contributed by atoms with Crippen LogP contribution in [0.5, 0.6) is 0 Å². The molecule has 2 heterocycles. The molecule has 1 aliphatic heterocycles. The van der Waals surface area contributed by atoms with Crippen molar-refractivity contribution in [1.29, 1.82) is 0 Å². The number of H-pyrrole nitrogens is 1. The van der Waals surface area contributed by atoms with Gasteiger partial charge in [0.05, 0.1) is 23.0 Å². The number of hydrogen-bond donors (Lipinski definition) is 2. The summed E-state index contributed by atoms with van der Waals surface area (Å²) < 4.78 is 29.4. The molecular weight excluding hydrogens is 442 g/mol. The first-order valence-corrected chi connectivity index (χ1v) is 11.6. The van der Waals surface area contributed by atoms with Crippen LogP contribution in [0.25, 0.3) is 10.9 Å². The average Bonchev–Trinajstić information content (AvgIpc) is 3.54. The lowest BCUT2D eigenvalue weighted by molar-refractivity contribution is 0.0933. The second-order valence-corrected chi connectivity index (χ2v) is 9.31. The van der Waals surface area contributed by atoms with Gasteiger partial charge >= 0.3 is 5.69 Å². The van der Waals surface area contributed by atoms with Gasteiger partial charge in [0.15, 0.2) is 0 Å². The lowest BCUT2D eigenvalue weighted by Crippen LogP contribution is -2.37. The summed E-state index contributed by atoms with van der Waals surface area (Å²) >= 11 is 0. The van der Waals surface area contributed by atoms with E-state index in [-0.39, 0.29) is 29.1 Å². The van der Waals surface area contributed by atoms with E-state index < -0.39 is 28.8 Å². The first kappa shape index (κ1) is 22.5. The highest BCUT2D eigenvalue weighted by atomic mass is 19.1. The fourth-order valence-electron chi connectivity index (χ4n) is 4.64. The summed E-state index contributed by atoms with van der Waals surface area (Å²) in [7, 11) is 0. The van der Waals surface area contributed by atoms with Crippen molar-refractivity contribution in [2.45, 2.75) is 38.3 Å². The van der Waals surface area contributed by atoms with Crippen LogP contribution in [0.3, 0.4) is 0 Å². The fraction of sp³-hybridized carbons (Fsp3) is 0.400. The number of amides is 1. The predicted octanol–water partition coefficient (Wildman–Crippen LogP) is 2.62. The molecule has 34 heavy (non-hydrogen) atoms. The van der Waals surface area contributed by atoms with E-state index >= 15 is 0 Å². The van der Waals surface area contributed by atoms with Gasteiger partial charge < -0.3 is 10.2 Å². The summed E-state index contributed by atoms with van der Waals surface area (Å²) in [4.78, 5) is 41.9. The second kappa shape index (κ2) is 9.13. The Morgan fingerprint density at radius 1 is 1.09 bits per heavy atom. The van der Waals surface area contributed by atoms with Crippen LogP contribution in [-0.4, -0.2) is 46.0 Å². The summed E-state index contributed by atoms with van der Waals surface area (Å²) in [5, 5.41) is 2.97. The quantitative estimate of drug-likeness (QED) is 0.558. The minimum absolute atomic E-state index is 0.0172. The number of fused-ring (bicyclic) bond motifs is 1. The van der Waals surface area contributed by atoms with Crippen molar-refractivity contribution in [3.63, 3.8) is 0 Å². The molecule has 1 unspecified atom stereocenters. The maximum absolute atomic E-state index is 14.5. The molecule has 5 rings (SSSR count). The van der Waals surface area contributed by atoms with Crippen molar-refractivity contribution in [3.05, 3.63) is 80.0 Å². The average molecular weight is 469 g/mol. The topological polar surface area (TPSA) is 87.2 Å². The number of hydrogen-bond acceptors (Lipinski definition) is 4. The van der Waals surface area contributed by atoms with Crippen LogP contribution in [0.1, 0.15) is 41.6 Å². The van der Waals surface area contributed by atoms with Crippen LogP contribution in [0, 0.1) is 17.6 Å². The third-order valence-electron chi connectivity index (χ3n) is 6.73. The van der Waals surface area contributed by atoms with E-state index in [4.69, 9.17) is 0 Å². The highest BCUT2D eigenvalue weighted by molar-refractivity contribution is 5.95. The van der Waals surface area contributed by atoms with Crippen molar-refractivity contribution < 1.29 is 13.6 Å². The van der Waals surface area contributed by atoms with Gasteiger partial charge in [-0.05, 0) is 61.2 Å². The number of carbonyl (C=O) groups excluding carboxylic acids is 1. The molecule has 1 aliphatic carbocycles. The molecule has 3 aromatic rings. The van der Waals surface area contributed by atoms with Crippen LogP contribution in [0.2, 0.25) is 0 Å². The third-order valence-corrected chi connectivity index (χ3v) is 6.73. The number of benzene rings is 2. The van der Waals surface area contributed by atoms with Gasteiger partial charge in [-0.1, -0.05) is 18.9 Å². The molecule has 178 valence electrons. The van der Waals surface area contributed by atoms with Crippen molar-refractivity contribution in [2.24, 2.45) is 5.92 Å². The normalized spacial score (nSPS) is 18.5. The molecule has 1 saturated carbocycles. The minimum atomic E-state index is -0.683. The SMILES string of the molecule is O=C(NC1CCN(CCC2CC2)C1)c1cc(Cn2c(=O)[nH]c(=O)c3cc(F)ccc32)ccc1F. The fourth-order valence-corrected chi connectivity index (χ4v) is 4.64. The predicted molar refractivity (Wildman–Crippen MR) is 124 cm³/mol. The monoisotopic (exact) mass is 468 g/mol. The van der Waals surface area contributed by atoms with E-state index in [1.807, 2.05) is 0 Å². The standard InChI is InChI=1S/C25H26F2N4O3/c26-17-4-6-22-20(12-17)24(33)29-25(34)31(22)13-16-3-5-21(27)19(11-16)23(32)28-18-8-10-30(14-18)9-7-15-1-2-15/h3-6,11-12,15,18H,1-2,7-10,13-14H2,(H,28,32)(H,29,33,34). The van der Waals surface area contributed by atoms with Crippen molar-refractivity contribution in [2.75, 3.05) is 19.6 Å². The lowest BCUT2D eigenvalue weighted by Gasteiger charge is -2.17. The molecule has 0 bridgehead atoms. The first-order chi connectivity index (χ1) is 16.4. The van der Waals surface area contributed by atoms with Gasteiger partial charge in [0.25, 0.3) is 11.5 Å². The van der Waals surface area contributed by atoms with E-state index in [1.54, 1.807) is 0 Å². The Kier molecular flexibility index (Phi) is 6.03. The number of rotatable bonds is 7. The van der Waals surface area contributed by atoms with Gasteiger partial charge in [-0.15, -0.1) is 0 Å². The number of nitrogens with zero attached hydrogens (tertiary/aromatic N) is 2. The Labute approximate surface area is 194 Å². The van der Waals surface area contributed by atoms with Gasteiger partial charge in [0.1, 0.15) is 11.6 Å². The number of likely N-dealkylation sites (tertiary alicyclic amines) is 1. The largest absolute Gasteiger partial charge is 0.348 e. The summed E-state index contributed by atoms with van der Waals surface area (Å²) in [6.07, 6.45) is 4.67. The highest BCUT2D eigenvalue weighted by Gasteiger charge is 2.27.